The number of hydrogen-bond acceptors (Lipinski definition) is 2. The average Bonchev–Trinajstić information content (AvgIpc) is 2.31. The van der Waals surface area contributed by atoms with E-state index in [1.807, 2.05) is 0 Å². The summed E-state index contributed by atoms with van der Waals surface area (Å²) in [5.41, 5.74) is 8.22. The van der Waals surface area contributed by atoms with Gasteiger partial charge >= 0.3 is 0 Å². The third kappa shape index (κ3) is 2.91. The fraction of sp³-hybridized carbons (Fsp3) is 0.385. The monoisotopic (exact) mass is 202 g/mol. The Hall–Kier alpha value is -1.12. The molecule has 2 heteroatoms. The van der Waals surface area contributed by atoms with Gasteiger partial charge in [-0.1, -0.05) is 36.4 Å². The van der Waals surface area contributed by atoms with E-state index in [1.165, 1.54) is 24.1 Å². The van der Waals surface area contributed by atoms with Crippen LogP contribution in [0.1, 0.15) is 17.5 Å². The Morgan fingerprint density at radius 1 is 1.20 bits per heavy atom. The summed E-state index contributed by atoms with van der Waals surface area (Å²) >= 11 is 0. The van der Waals surface area contributed by atoms with Gasteiger partial charge in [0.1, 0.15) is 0 Å². The van der Waals surface area contributed by atoms with Gasteiger partial charge in [-0.25, -0.2) is 0 Å². The first kappa shape index (κ1) is 10.4. The van der Waals surface area contributed by atoms with Crippen molar-refractivity contribution in [3.05, 3.63) is 47.5 Å². The van der Waals surface area contributed by atoms with Gasteiger partial charge in [-0.3, -0.25) is 4.90 Å². The molecule has 0 fully saturated rings. The molecular formula is C13H18N2. The molecule has 2 nitrogen and oxygen atoms in total. The molecule has 80 valence electrons. The number of hydrogen-bond donors (Lipinski definition) is 1. The summed E-state index contributed by atoms with van der Waals surface area (Å²) in [6.45, 7) is 3.92. The summed E-state index contributed by atoms with van der Waals surface area (Å²) < 4.78 is 0. The molecule has 0 saturated heterocycles. The molecule has 1 aliphatic rings. The molecule has 2 rings (SSSR count). The predicted molar refractivity (Wildman–Crippen MR) is 63.4 cm³/mol. The van der Waals surface area contributed by atoms with E-state index in [0.29, 0.717) is 6.54 Å². The molecule has 1 heterocycles. The van der Waals surface area contributed by atoms with Crippen molar-refractivity contribution in [2.75, 3.05) is 13.1 Å². The number of benzene rings is 1. The van der Waals surface area contributed by atoms with Gasteiger partial charge in [-0.05, 0) is 17.5 Å². The van der Waals surface area contributed by atoms with Gasteiger partial charge in [0.15, 0.2) is 0 Å². The van der Waals surface area contributed by atoms with Crippen molar-refractivity contribution in [3.63, 3.8) is 0 Å². The Balaban J connectivity index is 2.00. The van der Waals surface area contributed by atoms with Crippen molar-refractivity contribution in [2.24, 2.45) is 5.73 Å². The molecule has 0 aliphatic carbocycles. The van der Waals surface area contributed by atoms with E-state index < -0.39 is 0 Å². The zero-order valence-electron chi connectivity index (χ0n) is 9.02. The van der Waals surface area contributed by atoms with Crippen molar-refractivity contribution in [2.45, 2.75) is 19.5 Å². The van der Waals surface area contributed by atoms with Crippen molar-refractivity contribution in [1.82, 2.24) is 4.90 Å². The summed E-state index contributed by atoms with van der Waals surface area (Å²) in [4.78, 5) is 2.45. The molecule has 2 N–H and O–H groups in total. The minimum Gasteiger partial charge on any atom is -0.326 e. The topological polar surface area (TPSA) is 29.3 Å². The largest absolute Gasteiger partial charge is 0.326 e. The van der Waals surface area contributed by atoms with E-state index in [9.17, 15) is 0 Å². The molecule has 0 bridgehead atoms. The van der Waals surface area contributed by atoms with Crippen LogP contribution in [-0.2, 0) is 13.1 Å². The van der Waals surface area contributed by atoms with Crippen LogP contribution in [0.2, 0.25) is 0 Å². The second-order valence-corrected chi connectivity index (χ2v) is 4.02. The fourth-order valence-electron chi connectivity index (χ4n) is 1.95. The van der Waals surface area contributed by atoms with Crippen LogP contribution >= 0.6 is 0 Å². The number of rotatable bonds is 3. The minimum atomic E-state index is 0.633. The van der Waals surface area contributed by atoms with E-state index in [1.54, 1.807) is 0 Å². The van der Waals surface area contributed by atoms with Crippen LogP contribution in [0.25, 0.3) is 0 Å². The average molecular weight is 202 g/mol. The summed E-state index contributed by atoms with van der Waals surface area (Å²) in [7, 11) is 0. The van der Waals surface area contributed by atoms with E-state index in [-0.39, 0.29) is 0 Å². The van der Waals surface area contributed by atoms with Crippen molar-refractivity contribution in [3.8, 4) is 0 Å². The quantitative estimate of drug-likeness (QED) is 0.759. The highest BCUT2D eigenvalue weighted by atomic mass is 15.1. The first-order chi connectivity index (χ1) is 7.38. The van der Waals surface area contributed by atoms with Gasteiger partial charge in [-0.2, -0.15) is 0 Å². The van der Waals surface area contributed by atoms with Gasteiger partial charge < -0.3 is 5.73 Å². The SMILES string of the molecule is NCc1cccc(CN2CC=CCC2)c1. The summed E-state index contributed by atoms with van der Waals surface area (Å²) in [5.74, 6) is 0. The minimum absolute atomic E-state index is 0.633. The highest BCUT2D eigenvalue weighted by molar-refractivity contribution is 5.23. The zero-order chi connectivity index (χ0) is 10.5. The lowest BCUT2D eigenvalue weighted by Crippen LogP contribution is -2.26. The number of nitrogens with two attached hydrogens (primary N) is 1. The second-order valence-electron chi connectivity index (χ2n) is 4.02. The smallest absolute Gasteiger partial charge is 0.0237 e. The first-order valence-corrected chi connectivity index (χ1v) is 5.54. The normalized spacial score (nSPS) is 16.9. The summed E-state index contributed by atoms with van der Waals surface area (Å²) in [6.07, 6.45) is 5.68. The van der Waals surface area contributed by atoms with Gasteiger partial charge in [0.2, 0.25) is 0 Å². The molecular weight excluding hydrogens is 184 g/mol. The third-order valence-corrected chi connectivity index (χ3v) is 2.78. The van der Waals surface area contributed by atoms with Crippen LogP contribution in [0.4, 0.5) is 0 Å². The van der Waals surface area contributed by atoms with Crippen LogP contribution in [-0.4, -0.2) is 18.0 Å². The molecule has 0 radical (unpaired) electrons. The van der Waals surface area contributed by atoms with Crippen LogP contribution in [0.5, 0.6) is 0 Å². The second kappa shape index (κ2) is 5.10. The zero-order valence-corrected chi connectivity index (χ0v) is 9.02. The molecule has 15 heavy (non-hydrogen) atoms. The maximum absolute atomic E-state index is 5.63. The molecule has 0 atom stereocenters. The van der Waals surface area contributed by atoms with Gasteiger partial charge in [0, 0.05) is 26.2 Å². The maximum atomic E-state index is 5.63. The van der Waals surface area contributed by atoms with Gasteiger partial charge in [0.25, 0.3) is 0 Å². The van der Waals surface area contributed by atoms with E-state index in [2.05, 4.69) is 41.3 Å². The van der Waals surface area contributed by atoms with Crippen LogP contribution in [0, 0.1) is 0 Å². The molecule has 1 aliphatic heterocycles. The predicted octanol–water partition coefficient (Wildman–Crippen LogP) is 1.91. The molecule has 0 amide bonds. The van der Waals surface area contributed by atoms with E-state index in [0.717, 1.165) is 13.1 Å². The van der Waals surface area contributed by atoms with Crippen LogP contribution in [0.3, 0.4) is 0 Å². The Kier molecular flexibility index (Phi) is 3.54. The Morgan fingerprint density at radius 3 is 2.80 bits per heavy atom. The first-order valence-electron chi connectivity index (χ1n) is 5.54. The van der Waals surface area contributed by atoms with Crippen molar-refractivity contribution >= 4 is 0 Å². The fourth-order valence-corrected chi connectivity index (χ4v) is 1.95. The van der Waals surface area contributed by atoms with E-state index in [4.69, 9.17) is 5.73 Å². The Morgan fingerprint density at radius 2 is 2.07 bits per heavy atom. The molecule has 0 unspecified atom stereocenters. The van der Waals surface area contributed by atoms with Gasteiger partial charge in [0.05, 0.1) is 0 Å². The maximum Gasteiger partial charge on any atom is 0.0237 e. The molecule has 0 aromatic heterocycles. The van der Waals surface area contributed by atoms with Crippen LogP contribution < -0.4 is 5.73 Å². The Bertz CT molecular complexity index is 344. The lowest BCUT2D eigenvalue weighted by molar-refractivity contribution is 0.290. The summed E-state index contributed by atoms with van der Waals surface area (Å²) in [6, 6.07) is 8.56. The highest BCUT2D eigenvalue weighted by Gasteiger charge is 2.06. The lowest BCUT2D eigenvalue weighted by atomic mass is 10.1. The summed E-state index contributed by atoms with van der Waals surface area (Å²) in [5, 5.41) is 0. The highest BCUT2D eigenvalue weighted by Crippen LogP contribution is 2.10. The van der Waals surface area contributed by atoms with Gasteiger partial charge in [-0.15, -0.1) is 0 Å². The molecule has 0 saturated carbocycles. The van der Waals surface area contributed by atoms with Crippen molar-refractivity contribution in [1.29, 1.82) is 0 Å². The molecule has 0 spiro atoms. The van der Waals surface area contributed by atoms with Crippen LogP contribution in [0.15, 0.2) is 36.4 Å². The standard InChI is InChI=1S/C13H18N2/c14-10-12-5-4-6-13(9-12)11-15-7-2-1-3-8-15/h1-2,4-6,9H,3,7-8,10-11,14H2. The number of nitrogens with zero attached hydrogens (tertiary/aromatic N) is 1. The Labute approximate surface area is 91.4 Å². The lowest BCUT2D eigenvalue weighted by Gasteiger charge is -2.23. The van der Waals surface area contributed by atoms with E-state index >= 15 is 0 Å². The molecule has 1 aromatic carbocycles. The van der Waals surface area contributed by atoms with Crippen molar-refractivity contribution < 1.29 is 0 Å². The molecule has 1 aromatic rings. The third-order valence-electron chi connectivity index (χ3n) is 2.78.